The van der Waals surface area contributed by atoms with Gasteiger partial charge in [0, 0.05) is 24.5 Å². The van der Waals surface area contributed by atoms with Crippen molar-refractivity contribution in [3.8, 4) is 6.01 Å². The molecule has 2 radical (unpaired) electrons. The minimum absolute atomic E-state index is 0.0264. The summed E-state index contributed by atoms with van der Waals surface area (Å²) in [5.74, 6) is -0.225. The lowest BCUT2D eigenvalue weighted by molar-refractivity contribution is -0.389. The molecule has 1 amide bonds. The van der Waals surface area contributed by atoms with Crippen molar-refractivity contribution < 1.29 is 14.5 Å². The average molecular weight is 340 g/mol. The van der Waals surface area contributed by atoms with Crippen LogP contribution in [0.4, 0.5) is 5.82 Å². The summed E-state index contributed by atoms with van der Waals surface area (Å²) >= 11 is 0. The van der Waals surface area contributed by atoms with Gasteiger partial charge >= 0.3 is 11.8 Å². The molecule has 25 heavy (non-hydrogen) atoms. The largest absolute Gasteiger partial charge is 0.444 e. The van der Waals surface area contributed by atoms with Gasteiger partial charge < -0.3 is 19.8 Å². The number of carbonyl (C=O) groups excluding carboxylic acids is 1. The van der Waals surface area contributed by atoms with E-state index in [0.717, 1.165) is 5.56 Å². The Labute approximate surface area is 146 Å². The molecule has 3 rings (SSSR count). The molecule has 9 heteroatoms. The fourth-order valence-electron chi connectivity index (χ4n) is 2.68. The van der Waals surface area contributed by atoms with Crippen LogP contribution in [-0.2, 0) is 17.8 Å². The Bertz CT molecular complexity index is 775. The molecule has 0 atom stereocenters. The lowest BCUT2D eigenvalue weighted by atomic mass is 9.94. The van der Waals surface area contributed by atoms with Crippen LogP contribution in [0.3, 0.4) is 0 Å². The Morgan fingerprint density at radius 3 is 2.76 bits per heavy atom. The molecule has 2 aromatic rings. The second-order valence-electron chi connectivity index (χ2n) is 5.80. The van der Waals surface area contributed by atoms with Crippen molar-refractivity contribution in [2.24, 2.45) is 0 Å². The number of nitro groups is 1. The summed E-state index contributed by atoms with van der Waals surface area (Å²) in [6.07, 6.45) is 2.36. The number of imidazole rings is 1. The number of rotatable bonds is 4. The van der Waals surface area contributed by atoms with Crippen molar-refractivity contribution in [1.82, 2.24) is 14.5 Å². The van der Waals surface area contributed by atoms with Crippen molar-refractivity contribution >= 4 is 25.0 Å². The van der Waals surface area contributed by atoms with Gasteiger partial charge in [0.2, 0.25) is 5.91 Å². The summed E-state index contributed by atoms with van der Waals surface area (Å²) in [5.41, 5.74) is 1.75. The van der Waals surface area contributed by atoms with Crippen molar-refractivity contribution in [3.63, 3.8) is 0 Å². The maximum absolute atomic E-state index is 12.4. The zero-order valence-electron chi connectivity index (χ0n) is 13.6. The topological polar surface area (TPSA) is 90.5 Å². The van der Waals surface area contributed by atoms with Gasteiger partial charge in [-0.15, -0.1) is 0 Å². The predicted molar refractivity (Wildman–Crippen MR) is 91.1 cm³/mol. The van der Waals surface area contributed by atoms with Crippen LogP contribution in [0.25, 0.3) is 0 Å². The van der Waals surface area contributed by atoms with Crippen LogP contribution in [0.2, 0.25) is 0 Å². The second kappa shape index (κ2) is 7.37. The Morgan fingerprint density at radius 1 is 1.28 bits per heavy atom. The Hall–Kier alpha value is -2.84. The molecule has 0 saturated heterocycles. The second-order valence-corrected chi connectivity index (χ2v) is 5.80. The SMILES string of the molecule is [B]c1ccc(CCC(=O)N2CCOc3nc([N+](=O)[O-])cn3CC2)cc1. The van der Waals surface area contributed by atoms with E-state index >= 15 is 0 Å². The summed E-state index contributed by atoms with van der Waals surface area (Å²) < 4.78 is 7.02. The van der Waals surface area contributed by atoms with E-state index in [4.69, 9.17) is 12.6 Å². The zero-order valence-corrected chi connectivity index (χ0v) is 13.6. The average Bonchev–Trinajstić information content (AvgIpc) is 2.97. The Morgan fingerprint density at radius 2 is 2.04 bits per heavy atom. The minimum atomic E-state index is -0.559. The first-order valence-corrected chi connectivity index (χ1v) is 7.99. The molecule has 2 heterocycles. The lowest BCUT2D eigenvalue weighted by Gasteiger charge is -2.24. The monoisotopic (exact) mass is 340 g/mol. The van der Waals surface area contributed by atoms with Crippen LogP contribution in [0.1, 0.15) is 12.0 Å². The highest BCUT2D eigenvalue weighted by Gasteiger charge is 2.24. The molecule has 0 saturated carbocycles. The van der Waals surface area contributed by atoms with Crippen molar-refractivity contribution in [1.29, 1.82) is 0 Å². The molecular weight excluding hydrogens is 323 g/mol. The van der Waals surface area contributed by atoms with Crippen LogP contribution < -0.4 is 10.2 Å². The summed E-state index contributed by atoms with van der Waals surface area (Å²) in [4.78, 5) is 28.2. The van der Waals surface area contributed by atoms with E-state index in [2.05, 4.69) is 4.98 Å². The molecule has 0 unspecified atom stereocenters. The maximum Gasteiger partial charge on any atom is 0.414 e. The first-order chi connectivity index (χ1) is 12.0. The fourth-order valence-corrected chi connectivity index (χ4v) is 2.68. The fraction of sp³-hybridized carbons (Fsp3) is 0.375. The number of ether oxygens (including phenoxy) is 1. The van der Waals surface area contributed by atoms with Crippen molar-refractivity contribution in [2.45, 2.75) is 19.4 Å². The third-order valence-corrected chi connectivity index (χ3v) is 4.08. The molecule has 0 bridgehead atoms. The van der Waals surface area contributed by atoms with E-state index in [0.29, 0.717) is 37.9 Å². The highest BCUT2D eigenvalue weighted by Crippen LogP contribution is 2.19. The molecular formula is C16H17BN4O4. The molecule has 128 valence electrons. The number of hydrogen-bond acceptors (Lipinski definition) is 5. The van der Waals surface area contributed by atoms with E-state index in [-0.39, 0.29) is 24.3 Å². The van der Waals surface area contributed by atoms with Gasteiger partial charge in [-0.05, 0) is 16.9 Å². The van der Waals surface area contributed by atoms with Crippen molar-refractivity contribution in [2.75, 3.05) is 19.7 Å². The molecule has 1 aliphatic heterocycles. The molecule has 0 spiro atoms. The number of amides is 1. The third kappa shape index (κ3) is 4.17. The van der Waals surface area contributed by atoms with E-state index < -0.39 is 4.92 Å². The van der Waals surface area contributed by atoms with Gasteiger partial charge in [-0.3, -0.25) is 9.36 Å². The lowest BCUT2D eigenvalue weighted by Crippen LogP contribution is -2.38. The van der Waals surface area contributed by atoms with E-state index in [1.807, 2.05) is 24.3 Å². The number of fused-ring (bicyclic) bond motifs is 1. The highest BCUT2D eigenvalue weighted by molar-refractivity contribution is 6.32. The normalized spacial score (nSPS) is 14.2. The van der Waals surface area contributed by atoms with Crippen molar-refractivity contribution in [3.05, 3.63) is 46.1 Å². The van der Waals surface area contributed by atoms with Gasteiger partial charge in [-0.1, -0.05) is 29.7 Å². The summed E-state index contributed by atoms with van der Waals surface area (Å²) in [7, 11) is 5.65. The standard InChI is InChI=1S/C16H17BN4O4/c17-13-4-1-12(2-5-13)3-6-15(22)19-7-8-20-11-14(21(23)24)18-16(20)25-10-9-19/h1-2,4-5,11H,3,6-10H2. The summed E-state index contributed by atoms with van der Waals surface area (Å²) in [6.45, 7) is 1.55. The number of hydrogen-bond donors (Lipinski definition) is 0. The van der Waals surface area contributed by atoms with Crippen LogP contribution in [0, 0.1) is 10.1 Å². The minimum Gasteiger partial charge on any atom is -0.444 e. The predicted octanol–water partition coefficient (Wildman–Crippen LogP) is 0.439. The molecule has 0 fully saturated rings. The van der Waals surface area contributed by atoms with E-state index in [1.165, 1.54) is 6.20 Å². The molecule has 1 aromatic carbocycles. The number of aromatic nitrogens is 2. The zero-order chi connectivity index (χ0) is 17.8. The molecule has 8 nitrogen and oxygen atoms in total. The van der Waals surface area contributed by atoms with Gasteiger partial charge in [-0.25, -0.2) is 0 Å². The molecule has 1 aliphatic rings. The van der Waals surface area contributed by atoms with Crippen LogP contribution >= 0.6 is 0 Å². The Balaban J connectivity index is 1.58. The highest BCUT2D eigenvalue weighted by atomic mass is 16.6. The van der Waals surface area contributed by atoms with Crippen LogP contribution in [0.5, 0.6) is 6.01 Å². The summed E-state index contributed by atoms with van der Waals surface area (Å²) in [6, 6.07) is 7.68. The van der Waals surface area contributed by atoms with Crippen LogP contribution in [0.15, 0.2) is 30.5 Å². The smallest absolute Gasteiger partial charge is 0.414 e. The van der Waals surface area contributed by atoms with Gasteiger partial charge in [0.05, 0.1) is 6.54 Å². The maximum atomic E-state index is 12.4. The molecule has 0 aliphatic carbocycles. The van der Waals surface area contributed by atoms with E-state index in [1.54, 1.807) is 9.47 Å². The molecule has 1 aromatic heterocycles. The van der Waals surface area contributed by atoms with Crippen LogP contribution in [-0.4, -0.2) is 52.8 Å². The number of aryl methyl sites for hydroxylation is 1. The first kappa shape index (κ1) is 17.0. The number of nitrogens with zero attached hydrogens (tertiary/aromatic N) is 4. The van der Waals surface area contributed by atoms with Gasteiger partial charge in [0.1, 0.15) is 20.7 Å². The molecule has 0 N–H and O–H groups in total. The van der Waals surface area contributed by atoms with Gasteiger partial charge in [0.25, 0.3) is 0 Å². The number of benzene rings is 1. The van der Waals surface area contributed by atoms with E-state index in [9.17, 15) is 14.9 Å². The quantitative estimate of drug-likeness (QED) is 0.458. The van der Waals surface area contributed by atoms with Gasteiger partial charge in [0.15, 0.2) is 0 Å². The first-order valence-electron chi connectivity index (χ1n) is 7.99. The van der Waals surface area contributed by atoms with Gasteiger partial charge in [-0.2, -0.15) is 0 Å². The summed E-state index contributed by atoms with van der Waals surface area (Å²) in [5, 5.41) is 10.8. The third-order valence-electron chi connectivity index (χ3n) is 4.08. The Kier molecular flexibility index (Phi) is 5.01. The number of carbonyl (C=O) groups is 1.